The summed E-state index contributed by atoms with van der Waals surface area (Å²) >= 11 is 0. The number of aromatic nitrogens is 2. The van der Waals surface area contributed by atoms with Gasteiger partial charge in [-0.3, -0.25) is 4.98 Å². The van der Waals surface area contributed by atoms with E-state index in [-0.39, 0.29) is 0 Å². The van der Waals surface area contributed by atoms with E-state index in [0.29, 0.717) is 18.4 Å². The number of hydrogen-bond acceptors (Lipinski definition) is 5. The largest absolute Gasteiger partial charge is 0.487 e. The molecule has 0 amide bonds. The van der Waals surface area contributed by atoms with Crippen molar-refractivity contribution >= 4 is 5.71 Å². The number of benzene rings is 1. The molecular formula is C22H25N3O2. The van der Waals surface area contributed by atoms with Crippen molar-refractivity contribution in [2.24, 2.45) is 5.92 Å². The van der Waals surface area contributed by atoms with Gasteiger partial charge >= 0.3 is 0 Å². The molecule has 0 aliphatic heterocycles. The quantitative estimate of drug-likeness (QED) is 0.523. The minimum atomic E-state index is 0.329. The number of oxazole rings is 1. The Morgan fingerprint density at radius 1 is 1.15 bits per heavy atom. The zero-order chi connectivity index (χ0) is 19.1. The lowest BCUT2D eigenvalue weighted by Crippen LogP contribution is -2.09. The van der Waals surface area contributed by atoms with Gasteiger partial charge in [0, 0.05) is 17.5 Å². The first-order chi connectivity index (χ1) is 13.2. The fraction of sp³-hybridized carbons (Fsp3) is 0.318. The second-order valence-corrected chi connectivity index (χ2v) is 6.61. The Balaban J connectivity index is 1.56. The molecule has 0 aliphatic carbocycles. The van der Waals surface area contributed by atoms with E-state index in [1.54, 1.807) is 12.5 Å². The number of hydrogen-bond donors (Lipinski definition) is 1. The molecule has 0 saturated carbocycles. The summed E-state index contributed by atoms with van der Waals surface area (Å²) in [7, 11) is 0. The Kier molecular flexibility index (Phi) is 6.36. The lowest BCUT2D eigenvalue weighted by Gasteiger charge is -2.08. The Bertz CT molecular complexity index is 857. The lowest BCUT2D eigenvalue weighted by molar-refractivity contribution is 0.301. The maximum absolute atomic E-state index is 8.06. The summed E-state index contributed by atoms with van der Waals surface area (Å²) in [5.74, 6) is 1.70. The van der Waals surface area contributed by atoms with Crippen LogP contribution < -0.4 is 4.74 Å². The average molecular weight is 363 g/mol. The second kappa shape index (κ2) is 9.12. The van der Waals surface area contributed by atoms with Gasteiger partial charge in [-0.2, -0.15) is 0 Å². The predicted molar refractivity (Wildman–Crippen MR) is 106 cm³/mol. The van der Waals surface area contributed by atoms with Gasteiger partial charge in [0.15, 0.2) is 0 Å². The second-order valence-electron chi connectivity index (χ2n) is 6.61. The molecule has 1 unspecified atom stereocenters. The topological polar surface area (TPSA) is 72.0 Å². The number of pyridine rings is 1. The molecule has 1 atom stereocenters. The van der Waals surface area contributed by atoms with Crippen LogP contribution >= 0.6 is 0 Å². The molecule has 5 heteroatoms. The molecule has 1 aromatic carbocycles. The van der Waals surface area contributed by atoms with Crippen molar-refractivity contribution < 1.29 is 9.15 Å². The van der Waals surface area contributed by atoms with Crippen molar-refractivity contribution in [1.29, 1.82) is 5.41 Å². The minimum Gasteiger partial charge on any atom is -0.487 e. The van der Waals surface area contributed by atoms with Crippen LogP contribution in [0.4, 0.5) is 0 Å². The normalized spacial score (nSPS) is 11.9. The molecule has 0 spiro atoms. The van der Waals surface area contributed by atoms with Crippen molar-refractivity contribution in [3.8, 4) is 17.2 Å². The van der Waals surface area contributed by atoms with Crippen LogP contribution in [0, 0.1) is 11.3 Å². The van der Waals surface area contributed by atoms with Crippen molar-refractivity contribution in [2.45, 2.75) is 39.7 Å². The molecule has 3 aromatic rings. The SMILES string of the molecule is CCC(C)C(=N)CCc1coc(-c2ccc(OCc3ccccn3)cc2)n1. The van der Waals surface area contributed by atoms with Crippen LogP contribution in [0.15, 0.2) is 59.3 Å². The smallest absolute Gasteiger partial charge is 0.226 e. The van der Waals surface area contributed by atoms with Gasteiger partial charge < -0.3 is 14.6 Å². The van der Waals surface area contributed by atoms with Crippen LogP contribution in [0.25, 0.3) is 11.5 Å². The average Bonchev–Trinajstić information content (AvgIpc) is 3.20. The predicted octanol–water partition coefficient (Wildman–Crippen LogP) is 5.31. The highest BCUT2D eigenvalue weighted by atomic mass is 16.5. The van der Waals surface area contributed by atoms with E-state index >= 15 is 0 Å². The zero-order valence-corrected chi connectivity index (χ0v) is 15.8. The molecular weight excluding hydrogens is 338 g/mol. The van der Waals surface area contributed by atoms with Gasteiger partial charge in [0.1, 0.15) is 18.6 Å². The molecule has 0 aliphatic rings. The van der Waals surface area contributed by atoms with Crippen LogP contribution in [0.3, 0.4) is 0 Å². The molecule has 27 heavy (non-hydrogen) atoms. The molecule has 0 radical (unpaired) electrons. The summed E-state index contributed by atoms with van der Waals surface area (Å²) in [6.07, 6.45) is 5.90. The van der Waals surface area contributed by atoms with E-state index in [2.05, 4.69) is 23.8 Å². The molecule has 140 valence electrons. The number of aryl methyl sites for hydroxylation is 1. The summed E-state index contributed by atoms with van der Waals surface area (Å²) in [4.78, 5) is 8.79. The number of rotatable bonds is 9. The van der Waals surface area contributed by atoms with Crippen molar-refractivity contribution in [3.63, 3.8) is 0 Å². The molecule has 0 bridgehead atoms. The summed E-state index contributed by atoms with van der Waals surface area (Å²) in [5, 5.41) is 8.06. The van der Waals surface area contributed by atoms with E-state index in [1.807, 2.05) is 42.5 Å². The molecule has 3 rings (SSSR count). The van der Waals surface area contributed by atoms with Crippen molar-refractivity contribution in [1.82, 2.24) is 9.97 Å². The summed E-state index contributed by atoms with van der Waals surface area (Å²) in [5.41, 5.74) is 3.45. The molecule has 1 N–H and O–H groups in total. The minimum absolute atomic E-state index is 0.329. The standard InChI is InChI=1S/C22H25N3O2/c1-3-16(2)21(23)12-9-19-15-27-22(25-19)17-7-10-20(11-8-17)26-14-18-6-4-5-13-24-18/h4-8,10-11,13,15-16,23H,3,9,12,14H2,1-2H3. The highest BCUT2D eigenvalue weighted by Gasteiger charge is 2.10. The third-order valence-electron chi connectivity index (χ3n) is 4.62. The van der Waals surface area contributed by atoms with Crippen LogP contribution in [-0.2, 0) is 13.0 Å². The van der Waals surface area contributed by atoms with Gasteiger partial charge in [0.2, 0.25) is 5.89 Å². The number of ether oxygens (including phenoxy) is 1. The van der Waals surface area contributed by atoms with Crippen LogP contribution in [0.2, 0.25) is 0 Å². The van der Waals surface area contributed by atoms with Crippen LogP contribution in [0.1, 0.15) is 38.1 Å². The van der Waals surface area contributed by atoms with Crippen LogP contribution in [0.5, 0.6) is 5.75 Å². The molecule has 0 fully saturated rings. The van der Waals surface area contributed by atoms with Crippen LogP contribution in [-0.4, -0.2) is 15.7 Å². The van der Waals surface area contributed by atoms with E-state index < -0.39 is 0 Å². The Morgan fingerprint density at radius 3 is 2.67 bits per heavy atom. The molecule has 0 saturated heterocycles. The maximum atomic E-state index is 8.06. The van der Waals surface area contributed by atoms with Gasteiger partial charge in [0.25, 0.3) is 0 Å². The third-order valence-corrected chi connectivity index (χ3v) is 4.62. The summed E-state index contributed by atoms with van der Waals surface area (Å²) < 4.78 is 11.4. The first-order valence-corrected chi connectivity index (χ1v) is 9.30. The Morgan fingerprint density at radius 2 is 1.96 bits per heavy atom. The first-order valence-electron chi connectivity index (χ1n) is 9.30. The lowest BCUT2D eigenvalue weighted by atomic mass is 9.98. The van der Waals surface area contributed by atoms with Gasteiger partial charge in [-0.25, -0.2) is 4.98 Å². The summed E-state index contributed by atoms with van der Waals surface area (Å²) in [6, 6.07) is 13.4. The van der Waals surface area contributed by atoms with Crippen molar-refractivity contribution in [2.75, 3.05) is 0 Å². The van der Waals surface area contributed by atoms with Gasteiger partial charge in [-0.05, 0) is 61.6 Å². The monoisotopic (exact) mass is 363 g/mol. The number of nitrogens with zero attached hydrogens (tertiary/aromatic N) is 2. The van der Waals surface area contributed by atoms with E-state index in [1.165, 1.54) is 0 Å². The van der Waals surface area contributed by atoms with E-state index in [9.17, 15) is 0 Å². The molecule has 2 aromatic heterocycles. The first kappa shape index (κ1) is 18.8. The summed E-state index contributed by atoms with van der Waals surface area (Å²) in [6.45, 7) is 4.64. The molecule has 5 nitrogen and oxygen atoms in total. The van der Waals surface area contributed by atoms with Gasteiger partial charge in [-0.1, -0.05) is 19.9 Å². The zero-order valence-electron chi connectivity index (χ0n) is 15.8. The highest BCUT2D eigenvalue weighted by Crippen LogP contribution is 2.23. The number of nitrogens with one attached hydrogen (secondary N) is 1. The Hall–Kier alpha value is -2.95. The Labute approximate surface area is 159 Å². The maximum Gasteiger partial charge on any atom is 0.226 e. The fourth-order valence-electron chi connectivity index (χ4n) is 2.64. The van der Waals surface area contributed by atoms with E-state index in [4.69, 9.17) is 14.6 Å². The van der Waals surface area contributed by atoms with E-state index in [0.717, 1.165) is 47.7 Å². The highest BCUT2D eigenvalue weighted by molar-refractivity contribution is 5.83. The molecule has 2 heterocycles. The van der Waals surface area contributed by atoms with Crippen molar-refractivity contribution in [3.05, 3.63) is 66.3 Å². The fourth-order valence-corrected chi connectivity index (χ4v) is 2.64. The van der Waals surface area contributed by atoms with Gasteiger partial charge in [0.05, 0.1) is 11.4 Å². The van der Waals surface area contributed by atoms with Gasteiger partial charge in [-0.15, -0.1) is 0 Å². The third kappa shape index (κ3) is 5.26.